The molecule has 0 aliphatic carbocycles. The van der Waals surface area contributed by atoms with Crippen molar-refractivity contribution in [1.29, 1.82) is 0 Å². The number of aromatic carboxylic acids is 1. The van der Waals surface area contributed by atoms with Gasteiger partial charge in [0.1, 0.15) is 0 Å². The average Bonchev–Trinajstić information content (AvgIpc) is 3.21. The van der Waals surface area contributed by atoms with E-state index >= 15 is 0 Å². The Hall–Kier alpha value is -2.93. The standard InChI is InChI=1S/C20H22N4O3/c1-13-8-18-21-17(10-19(25)24(18)22-13)12-23-7-6-15(11-23)9-14-2-4-16(5-3-14)20(26)27/h2-5,8,10,15,22H,6-7,9,11-12H2,1H3,(H,26,27)/t15-/m1/s1. The lowest BCUT2D eigenvalue weighted by Gasteiger charge is -2.15. The molecule has 1 fully saturated rings. The molecule has 1 aliphatic rings. The molecule has 2 aromatic heterocycles. The number of nitrogens with zero attached hydrogens (tertiary/aromatic N) is 3. The molecule has 27 heavy (non-hydrogen) atoms. The summed E-state index contributed by atoms with van der Waals surface area (Å²) in [7, 11) is 0. The molecule has 1 aromatic carbocycles. The van der Waals surface area contributed by atoms with E-state index in [9.17, 15) is 9.59 Å². The van der Waals surface area contributed by atoms with Crippen molar-refractivity contribution >= 4 is 11.6 Å². The van der Waals surface area contributed by atoms with Crippen molar-refractivity contribution in [2.45, 2.75) is 26.3 Å². The number of aromatic amines is 1. The Morgan fingerprint density at radius 3 is 2.81 bits per heavy atom. The van der Waals surface area contributed by atoms with Crippen LogP contribution in [-0.2, 0) is 13.0 Å². The maximum atomic E-state index is 12.2. The molecule has 7 heteroatoms. The van der Waals surface area contributed by atoms with Crippen LogP contribution in [0.25, 0.3) is 5.65 Å². The topological polar surface area (TPSA) is 90.7 Å². The largest absolute Gasteiger partial charge is 0.478 e. The van der Waals surface area contributed by atoms with Gasteiger partial charge in [-0.3, -0.25) is 14.8 Å². The Balaban J connectivity index is 1.39. The third-order valence-electron chi connectivity index (χ3n) is 5.11. The number of carbonyl (C=O) groups is 1. The molecule has 3 heterocycles. The Labute approximate surface area is 156 Å². The minimum atomic E-state index is -0.897. The first-order valence-corrected chi connectivity index (χ1v) is 9.11. The van der Waals surface area contributed by atoms with Crippen molar-refractivity contribution in [3.05, 3.63) is 69.3 Å². The lowest BCUT2D eigenvalue weighted by Crippen LogP contribution is -2.24. The fraction of sp³-hybridized carbons (Fsp3) is 0.350. The zero-order valence-corrected chi connectivity index (χ0v) is 15.2. The number of carboxylic acid groups (broad SMARTS) is 1. The van der Waals surface area contributed by atoms with Crippen LogP contribution in [0.3, 0.4) is 0 Å². The summed E-state index contributed by atoms with van der Waals surface area (Å²) >= 11 is 0. The minimum Gasteiger partial charge on any atom is -0.478 e. The van der Waals surface area contributed by atoms with E-state index in [1.54, 1.807) is 18.2 Å². The second kappa shape index (κ2) is 7.00. The molecule has 3 aromatic rings. The van der Waals surface area contributed by atoms with Crippen molar-refractivity contribution in [2.75, 3.05) is 13.1 Å². The summed E-state index contributed by atoms with van der Waals surface area (Å²) in [5.41, 5.74) is 3.76. The molecule has 7 nitrogen and oxygen atoms in total. The third-order valence-corrected chi connectivity index (χ3v) is 5.11. The maximum absolute atomic E-state index is 12.2. The van der Waals surface area contributed by atoms with Gasteiger partial charge in [-0.15, -0.1) is 0 Å². The number of rotatable bonds is 5. The molecule has 0 radical (unpaired) electrons. The van der Waals surface area contributed by atoms with Crippen LogP contribution in [-0.4, -0.2) is 43.7 Å². The Kier molecular flexibility index (Phi) is 4.53. The number of benzene rings is 1. The molecule has 1 atom stereocenters. The smallest absolute Gasteiger partial charge is 0.335 e. The van der Waals surface area contributed by atoms with Crippen molar-refractivity contribution in [3.8, 4) is 0 Å². The van der Waals surface area contributed by atoms with Gasteiger partial charge in [-0.2, -0.15) is 0 Å². The molecule has 0 amide bonds. The number of hydrogen-bond donors (Lipinski definition) is 2. The van der Waals surface area contributed by atoms with Crippen molar-refractivity contribution < 1.29 is 9.90 Å². The highest BCUT2D eigenvalue weighted by atomic mass is 16.4. The highest BCUT2D eigenvalue weighted by Gasteiger charge is 2.23. The number of hydrogen-bond acceptors (Lipinski definition) is 4. The van der Waals surface area contributed by atoms with Crippen molar-refractivity contribution in [3.63, 3.8) is 0 Å². The number of H-pyrrole nitrogens is 1. The second-order valence-electron chi connectivity index (χ2n) is 7.31. The molecule has 4 rings (SSSR count). The van der Waals surface area contributed by atoms with Crippen LogP contribution in [0.5, 0.6) is 0 Å². The quantitative estimate of drug-likeness (QED) is 0.722. The monoisotopic (exact) mass is 366 g/mol. The summed E-state index contributed by atoms with van der Waals surface area (Å²) in [5, 5.41) is 12.0. The van der Waals surface area contributed by atoms with E-state index in [4.69, 9.17) is 5.11 Å². The van der Waals surface area contributed by atoms with E-state index in [-0.39, 0.29) is 5.56 Å². The molecule has 1 aliphatic heterocycles. The Morgan fingerprint density at radius 1 is 1.30 bits per heavy atom. The highest BCUT2D eigenvalue weighted by molar-refractivity contribution is 5.87. The number of carboxylic acids is 1. The van der Waals surface area contributed by atoms with Crippen LogP contribution in [0.2, 0.25) is 0 Å². The first-order valence-electron chi connectivity index (χ1n) is 9.11. The molecular weight excluding hydrogens is 344 g/mol. The predicted molar refractivity (Wildman–Crippen MR) is 101 cm³/mol. The van der Waals surface area contributed by atoms with Gasteiger partial charge in [-0.25, -0.2) is 14.3 Å². The molecule has 0 spiro atoms. The molecular formula is C20H22N4O3. The molecule has 2 N–H and O–H groups in total. The average molecular weight is 366 g/mol. The van der Waals surface area contributed by atoms with Gasteiger partial charge < -0.3 is 5.11 Å². The van der Waals surface area contributed by atoms with E-state index in [1.807, 2.05) is 25.1 Å². The molecule has 0 bridgehead atoms. The summed E-state index contributed by atoms with van der Waals surface area (Å²) in [5.74, 6) is -0.369. The van der Waals surface area contributed by atoms with Crippen LogP contribution < -0.4 is 5.56 Å². The number of aromatic nitrogens is 3. The summed E-state index contributed by atoms with van der Waals surface area (Å²) in [6, 6.07) is 10.6. The van der Waals surface area contributed by atoms with Gasteiger partial charge in [-0.1, -0.05) is 12.1 Å². The van der Waals surface area contributed by atoms with Gasteiger partial charge >= 0.3 is 5.97 Å². The molecule has 1 saturated heterocycles. The van der Waals surface area contributed by atoms with E-state index in [0.29, 0.717) is 23.7 Å². The normalized spacial score (nSPS) is 17.6. The number of aryl methyl sites for hydroxylation is 1. The van der Waals surface area contributed by atoms with Gasteiger partial charge in [0.2, 0.25) is 0 Å². The van der Waals surface area contributed by atoms with Crippen LogP contribution in [0.15, 0.2) is 41.2 Å². The lowest BCUT2D eigenvalue weighted by molar-refractivity contribution is 0.0697. The molecule has 0 unspecified atom stereocenters. The van der Waals surface area contributed by atoms with E-state index in [0.717, 1.165) is 42.9 Å². The number of nitrogens with one attached hydrogen (secondary N) is 1. The highest BCUT2D eigenvalue weighted by Crippen LogP contribution is 2.22. The van der Waals surface area contributed by atoms with Gasteiger partial charge in [0.15, 0.2) is 5.65 Å². The summed E-state index contributed by atoms with van der Waals surface area (Å²) in [6.45, 7) is 4.51. The van der Waals surface area contributed by atoms with Crippen molar-refractivity contribution in [1.82, 2.24) is 19.5 Å². The zero-order chi connectivity index (χ0) is 19.0. The first kappa shape index (κ1) is 17.5. The molecule has 0 saturated carbocycles. The SMILES string of the molecule is Cc1cc2nc(CN3CC[C@H](Cc4ccc(C(=O)O)cc4)C3)cc(=O)n2[nH]1. The third kappa shape index (κ3) is 3.78. The molecule has 140 valence electrons. The van der Waals surface area contributed by atoms with Crippen molar-refractivity contribution in [2.24, 2.45) is 5.92 Å². The second-order valence-corrected chi connectivity index (χ2v) is 7.31. The van der Waals surface area contributed by atoms with Crippen LogP contribution in [0, 0.1) is 12.8 Å². The van der Waals surface area contributed by atoms with Crippen LogP contribution in [0.4, 0.5) is 0 Å². The maximum Gasteiger partial charge on any atom is 0.335 e. The van der Waals surface area contributed by atoms with Crippen LogP contribution >= 0.6 is 0 Å². The summed E-state index contributed by atoms with van der Waals surface area (Å²) < 4.78 is 1.46. The minimum absolute atomic E-state index is 0.0858. The van der Waals surface area contributed by atoms with E-state index in [2.05, 4.69) is 15.0 Å². The van der Waals surface area contributed by atoms with Gasteiger partial charge in [-0.05, 0) is 49.9 Å². The lowest BCUT2D eigenvalue weighted by atomic mass is 9.98. The van der Waals surface area contributed by atoms with E-state index in [1.165, 1.54) is 4.52 Å². The fourth-order valence-corrected chi connectivity index (χ4v) is 3.81. The first-order chi connectivity index (χ1) is 13.0. The Bertz CT molecular complexity index is 1040. The van der Waals surface area contributed by atoms with Gasteiger partial charge in [0, 0.05) is 30.9 Å². The number of likely N-dealkylation sites (tertiary alicyclic amines) is 1. The van der Waals surface area contributed by atoms with Gasteiger partial charge in [0.25, 0.3) is 5.56 Å². The van der Waals surface area contributed by atoms with E-state index < -0.39 is 5.97 Å². The summed E-state index contributed by atoms with van der Waals surface area (Å²) in [4.78, 5) is 30.1. The summed E-state index contributed by atoms with van der Waals surface area (Å²) in [6.07, 6.45) is 2.02. The van der Waals surface area contributed by atoms with Crippen LogP contribution in [0.1, 0.15) is 33.7 Å². The zero-order valence-electron chi connectivity index (χ0n) is 15.2. The fourth-order valence-electron chi connectivity index (χ4n) is 3.81. The van der Waals surface area contributed by atoms with Gasteiger partial charge in [0.05, 0.1) is 11.3 Å². The Morgan fingerprint density at radius 2 is 2.07 bits per heavy atom. The number of fused-ring (bicyclic) bond motifs is 1. The predicted octanol–water partition coefficient (Wildman–Crippen LogP) is 2.09.